The zero-order valence-corrected chi connectivity index (χ0v) is 16.9. The number of piperidine rings is 1. The van der Waals surface area contributed by atoms with E-state index in [0.717, 1.165) is 10.6 Å². The summed E-state index contributed by atoms with van der Waals surface area (Å²) in [6, 6.07) is 14.6. The van der Waals surface area contributed by atoms with Crippen LogP contribution >= 0.6 is 11.6 Å². The Balaban J connectivity index is 1.51. The van der Waals surface area contributed by atoms with Gasteiger partial charge in [0.05, 0.1) is 6.04 Å². The van der Waals surface area contributed by atoms with Crippen LogP contribution in [0.3, 0.4) is 0 Å². The van der Waals surface area contributed by atoms with E-state index in [1.807, 2.05) is 30.3 Å². The van der Waals surface area contributed by atoms with Crippen molar-refractivity contribution in [1.29, 1.82) is 0 Å². The molecule has 0 saturated carbocycles. The molecule has 1 aliphatic heterocycles. The van der Waals surface area contributed by atoms with Gasteiger partial charge in [0, 0.05) is 12.1 Å². The fourth-order valence-electron chi connectivity index (χ4n) is 3.14. The van der Waals surface area contributed by atoms with Crippen molar-refractivity contribution in [2.24, 2.45) is 5.73 Å². The van der Waals surface area contributed by atoms with Gasteiger partial charge in [-0.3, -0.25) is 14.4 Å². The monoisotopic (exact) mass is 431 g/mol. The van der Waals surface area contributed by atoms with Crippen LogP contribution in [0.25, 0.3) is 0 Å². The molecule has 1 saturated heterocycles. The molecule has 158 valence electrons. The van der Waals surface area contributed by atoms with Gasteiger partial charge in [-0.25, -0.2) is 9.86 Å². The molecule has 30 heavy (non-hydrogen) atoms. The average Bonchev–Trinajstić information content (AvgIpc) is 2.75. The minimum absolute atomic E-state index is 0.211. The molecule has 0 aliphatic carbocycles. The lowest BCUT2D eigenvalue weighted by Crippen LogP contribution is -2.53. The number of hydrogen-bond donors (Lipinski definition) is 2. The summed E-state index contributed by atoms with van der Waals surface area (Å²) in [6.45, 7) is 0.538. The first kappa shape index (κ1) is 21.8. The summed E-state index contributed by atoms with van der Waals surface area (Å²) >= 11 is 5.69. The molecule has 3 rings (SSSR count). The Morgan fingerprint density at radius 1 is 1.07 bits per heavy atom. The number of primary amides is 1. The van der Waals surface area contributed by atoms with Crippen molar-refractivity contribution in [3.8, 4) is 5.75 Å². The largest absolute Gasteiger partial charge is 0.425 e. The van der Waals surface area contributed by atoms with Gasteiger partial charge < -0.3 is 15.8 Å². The minimum Gasteiger partial charge on any atom is -0.425 e. The fraction of sp³-hybridized carbons (Fsp3) is 0.286. The van der Waals surface area contributed by atoms with Crippen LogP contribution in [-0.2, 0) is 16.2 Å². The quantitative estimate of drug-likeness (QED) is 0.229. The topological polar surface area (TPSA) is 111 Å². The third-order valence-electron chi connectivity index (χ3n) is 4.75. The van der Waals surface area contributed by atoms with Crippen LogP contribution in [0, 0.1) is 0 Å². The maximum Gasteiger partial charge on any atom is 0.340 e. The van der Waals surface area contributed by atoms with E-state index < -0.39 is 23.3 Å². The van der Waals surface area contributed by atoms with Crippen LogP contribution in [0.5, 0.6) is 5.75 Å². The van der Waals surface area contributed by atoms with Crippen molar-refractivity contribution in [3.63, 3.8) is 0 Å². The molecule has 8 nitrogen and oxygen atoms in total. The molecule has 2 atom stereocenters. The minimum atomic E-state index is -0.715. The van der Waals surface area contributed by atoms with Crippen LogP contribution in [0.2, 0.25) is 0 Å². The van der Waals surface area contributed by atoms with Crippen LogP contribution < -0.4 is 15.8 Å². The van der Waals surface area contributed by atoms with Crippen LogP contribution in [0.1, 0.15) is 28.8 Å². The molecular formula is C21H22ClN3O5. The maximum absolute atomic E-state index is 12.4. The van der Waals surface area contributed by atoms with E-state index in [-0.39, 0.29) is 12.6 Å². The van der Waals surface area contributed by atoms with E-state index in [1.165, 1.54) is 24.3 Å². The summed E-state index contributed by atoms with van der Waals surface area (Å²) in [5, 5.41) is 3.50. The first-order chi connectivity index (χ1) is 14.4. The second-order valence-electron chi connectivity index (χ2n) is 6.84. The average molecular weight is 432 g/mol. The Bertz CT molecular complexity index is 883. The summed E-state index contributed by atoms with van der Waals surface area (Å²) in [4.78, 5) is 40.9. The fourth-order valence-corrected chi connectivity index (χ4v) is 3.32. The number of hydroxylamine groups is 2. The van der Waals surface area contributed by atoms with Crippen LogP contribution in [-0.4, -0.2) is 40.9 Å². The van der Waals surface area contributed by atoms with Gasteiger partial charge >= 0.3 is 11.3 Å². The zero-order valence-electron chi connectivity index (χ0n) is 16.1. The second kappa shape index (κ2) is 10.2. The van der Waals surface area contributed by atoms with Gasteiger partial charge in [0.1, 0.15) is 18.4 Å². The third kappa shape index (κ3) is 5.79. The van der Waals surface area contributed by atoms with Gasteiger partial charge in [0.15, 0.2) is 0 Å². The summed E-state index contributed by atoms with van der Waals surface area (Å²) in [5.74, 6) is -0.687. The van der Waals surface area contributed by atoms with Gasteiger partial charge in [-0.05, 0) is 54.3 Å². The Morgan fingerprint density at radius 3 is 2.33 bits per heavy atom. The molecule has 2 amide bonds. The molecule has 3 N–H and O–H groups in total. The van der Waals surface area contributed by atoms with Crippen molar-refractivity contribution in [2.45, 2.75) is 31.5 Å². The molecule has 0 unspecified atom stereocenters. The Hall–Kier alpha value is -2.94. The van der Waals surface area contributed by atoms with E-state index in [0.29, 0.717) is 30.7 Å². The number of nitrogens with two attached hydrogens (primary N) is 1. The van der Waals surface area contributed by atoms with E-state index in [2.05, 4.69) is 5.32 Å². The molecule has 0 spiro atoms. The van der Waals surface area contributed by atoms with E-state index >= 15 is 0 Å². The lowest BCUT2D eigenvalue weighted by atomic mass is 10.0. The highest BCUT2D eigenvalue weighted by Crippen LogP contribution is 2.20. The lowest BCUT2D eigenvalue weighted by Gasteiger charge is -2.34. The molecule has 1 aliphatic rings. The summed E-state index contributed by atoms with van der Waals surface area (Å²) in [6.07, 6.45) is 0.957. The summed E-state index contributed by atoms with van der Waals surface area (Å²) < 4.78 is 5.35. The van der Waals surface area contributed by atoms with Gasteiger partial charge in [-0.1, -0.05) is 30.3 Å². The highest BCUT2D eigenvalue weighted by atomic mass is 35.5. The Morgan fingerprint density at radius 2 is 1.77 bits per heavy atom. The van der Waals surface area contributed by atoms with E-state index in [4.69, 9.17) is 26.9 Å². The summed E-state index contributed by atoms with van der Waals surface area (Å²) in [5.41, 5.74) is 6.43. The number of esters is 1. The predicted octanol–water partition coefficient (Wildman–Crippen LogP) is 2.60. The number of rotatable bonds is 7. The third-order valence-corrected chi connectivity index (χ3v) is 4.91. The molecule has 0 aromatic heterocycles. The van der Waals surface area contributed by atoms with Gasteiger partial charge in [-0.2, -0.15) is 0 Å². The standard InChI is InChI=1S/C21H22ClN3O5/c22-21(28)25(29-13-14-4-2-1-3-5-14)16-8-11-18(24-12-16)20(27)30-17-9-6-15(7-10-17)19(23)26/h1-7,9-10,16,18,24H,8,11-13H2,(H2,23,26)/t16-,18+/m1/s1. The summed E-state index contributed by atoms with van der Waals surface area (Å²) in [7, 11) is 0. The molecule has 0 radical (unpaired) electrons. The van der Waals surface area contributed by atoms with E-state index in [1.54, 1.807) is 0 Å². The molecule has 9 heteroatoms. The molecule has 1 heterocycles. The predicted molar refractivity (Wildman–Crippen MR) is 110 cm³/mol. The van der Waals surface area contributed by atoms with Crippen molar-refractivity contribution < 1.29 is 24.0 Å². The maximum atomic E-state index is 12.4. The van der Waals surface area contributed by atoms with Crippen LogP contribution in [0.15, 0.2) is 54.6 Å². The number of nitrogens with zero attached hydrogens (tertiary/aromatic N) is 1. The SMILES string of the molecule is NC(=O)c1ccc(OC(=O)[C@@H]2CC[C@@H](N(OCc3ccccc3)C(=O)Cl)CN2)cc1. The van der Waals surface area contributed by atoms with Gasteiger partial charge in [-0.15, -0.1) is 0 Å². The van der Waals surface area contributed by atoms with E-state index in [9.17, 15) is 14.4 Å². The molecular weight excluding hydrogens is 410 g/mol. The number of carbonyl (C=O) groups is 3. The smallest absolute Gasteiger partial charge is 0.340 e. The second-order valence-corrected chi connectivity index (χ2v) is 7.16. The highest BCUT2D eigenvalue weighted by Gasteiger charge is 2.32. The Labute approximate surface area is 178 Å². The highest BCUT2D eigenvalue weighted by molar-refractivity contribution is 6.62. The molecule has 2 aromatic rings. The molecule has 1 fully saturated rings. The van der Waals surface area contributed by atoms with Crippen molar-refractivity contribution in [3.05, 3.63) is 65.7 Å². The Kier molecular flexibility index (Phi) is 7.40. The normalized spacial score (nSPS) is 18.4. The van der Waals surface area contributed by atoms with Crippen molar-refractivity contribution >= 4 is 28.8 Å². The number of amides is 2. The van der Waals surface area contributed by atoms with Crippen molar-refractivity contribution in [1.82, 2.24) is 10.4 Å². The first-order valence-electron chi connectivity index (χ1n) is 9.44. The first-order valence-corrected chi connectivity index (χ1v) is 9.82. The number of hydrogen-bond acceptors (Lipinski definition) is 6. The van der Waals surface area contributed by atoms with Crippen LogP contribution in [0.4, 0.5) is 4.79 Å². The molecule has 0 bridgehead atoms. The lowest BCUT2D eigenvalue weighted by molar-refractivity contribution is -0.155. The van der Waals surface area contributed by atoms with Gasteiger partial charge in [0.2, 0.25) is 5.91 Å². The zero-order chi connectivity index (χ0) is 21.5. The number of carbonyl (C=O) groups excluding carboxylic acids is 3. The van der Waals surface area contributed by atoms with Gasteiger partial charge in [0.25, 0.3) is 0 Å². The number of benzene rings is 2. The van der Waals surface area contributed by atoms with Crippen molar-refractivity contribution in [2.75, 3.05) is 6.54 Å². The number of nitrogens with one attached hydrogen (secondary N) is 1. The molecule has 2 aromatic carbocycles. The number of ether oxygens (including phenoxy) is 1. The number of halogens is 1.